The topological polar surface area (TPSA) is 75.4 Å². The lowest BCUT2D eigenvalue weighted by Crippen LogP contribution is -2.43. The van der Waals surface area contributed by atoms with Gasteiger partial charge in [-0.05, 0) is 45.4 Å². The van der Waals surface area contributed by atoms with Crippen molar-refractivity contribution in [1.29, 1.82) is 0 Å². The lowest BCUT2D eigenvalue weighted by atomic mass is 10.0. The zero-order chi connectivity index (χ0) is 20.8. The molecule has 2 atom stereocenters. The van der Waals surface area contributed by atoms with Gasteiger partial charge in [0.2, 0.25) is 11.8 Å². The van der Waals surface area contributed by atoms with Crippen LogP contribution in [0.2, 0.25) is 0 Å². The summed E-state index contributed by atoms with van der Waals surface area (Å²) in [5.41, 5.74) is 0.744. The Morgan fingerprint density at radius 1 is 1.38 bits per heavy atom. The molecule has 3 rings (SSSR count). The van der Waals surface area contributed by atoms with Crippen LogP contribution in [0.3, 0.4) is 0 Å². The molecule has 2 aromatic rings. The van der Waals surface area contributed by atoms with E-state index in [2.05, 4.69) is 22.1 Å². The Balaban J connectivity index is 1.48. The molecule has 1 fully saturated rings. The van der Waals surface area contributed by atoms with E-state index < -0.39 is 16.6 Å². The molecule has 1 saturated heterocycles. The van der Waals surface area contributed by atoms with Gasteiger partial charge >= 0.3 is 0 Å². The molecule has 0 saturated carbocycles. The predicted molar refractivity (Wildman–Crippen MR) is 111 cm³/mol. The number of likely N-dealkylation sites (tertiary alicyclic amines) is 1. The van der Waals surface area contributed by atoms with Gasteiger partial charge in [0.25, 0.3) is 0 Å². The quantitative estimate of drug-likeness (QED) is 0.709. The van der Waals surface area contributed by atoms with Gasteiger partial charge in [-0.2, -0.15) is 0 Å². The monoisotopic (exact) mass is 421 g/mol. The van der Waals surface area contributed by atoms with E-state index in [4.69, 9.17) is 4.42 Å². The molecule has 158 valence electrons. The van der Waals surface area contributed by atoms with Gasteiger partial charge in [-0.3, -0.25) is 13.9 Å². The fourth-order valence-corrected chi connectivity index (χ4v) is 4.61. The van der Waals surface area contributed by atoms with Crippen LogP contribution in [0.25, 0.3) is 11.5 Å². The summed E-state index contributed by atoms with van der Waals surface area (Å²) >= 11 is 0. The maximum Gasteiger partial charge on any atom is 0.232 e. The molecule has 0 aliphatic carbocycles. The molecule has 8 heteroatoms. The van der Waals surface area contributed by atoms with Gasteiger partial charge in [-0.25, -0.2) is 9.37 Å². The first-order valence-corrected chi connectivity index (χ1v) is 11.5. The molecular formula is C21H28FN3O3S. The van der Waals surface area contributed by atoms with Crippen LogP contribution in [-0.4, -0.2) is 51.4 Å². The Hall–Kier alpha value is -2.06. The molecule has 2 heterocycles. The number of rotatable bonds is 8. The molecule has 0 radical (unpaired) electrons. The first kappa shape index (κ1) is 21.6. The van der Waals surface area contributed by atoms with Crippen molar-refractivity contribution in [3.05, 3.63) is 41.5 Å². The summed E-state index contributed by atoms with van der Waals surface area (Å²) in [5.74, 6) is -0.00634. The number of halogens is 1. The van der Waals surface area contributed by atoms with Crippen molar-refractivity contribution < 1.29 is 17.8 Å². The van der Waals surface area contributed by atoms with Crippen LogP contribution in [0.15, 0.2) is 28.7 Å². The van der Waals surface area contributed by atoms with Crippen LogP contribution in [-0.2, 0) is 21.3 Å². The summed E-state index contributed by atoms with van der Waals surface area (Å²) in [5, 5.41) is 2.85. The van der Waals surface area contributed by atoms with E-state index in [0.29, 0.717) is 24.0 Å². The van der Waals surface area contributed by atoms with Crippen LogP contribution >= 0.6 is 0 Å². The molecule has 1 aromatic heterocycles. The third kappa shape index (κ3) is 5.96. The average Bonchev–Trinajstić information content (AvgIpc) is 3.03. The van der Waals surface area contributed by atoms with E-state index in [9.17, 15) is 13.4 Å². The third-order valence-corrected chi connectivity index (χ3v) is 6.43. The molecular weight excluding hydrogens is 393 g/mol. The van der Waals surface area contributed by atoms with E-state index in [1.54, 1.807) is 25.1 Å². The normalized spacial score (nSPS) is 18.5. The van der Waals surface area contributed by atoms with Crippen LogP contribution in [0.4, 0.5) is 4.39 Å². The highest BCUT2D eigenvalue weighted by atomic mass is 32.2. The minimum Gasteiger partial charge on any atom is -0.441 e. The fraction of sp³-hybridized carbons (Fsp3) is 0.524. The number of hydrogen-bond donors (Lipinski definition) is 1. The minimum absolute atomic E-state index is 0.0864. The maximum atomic E-state index is 13.9. The van der Waals surface area contributed by atoms with Crippen LogP contribution in [0.1, 0.15) is 37.6 Å². The number of aromatic nitrogens is 1. The number of carbonyl (C=O) groups excluding carboxylic acids is 1. The Kier molecular flexibility index (Phi) is 7.55. The van der Waals surface area contributed by atoms with Crippen molar-refractivity contribution >= 4 is 16.7 Å². The number of hydrogen-bond acceptors (Lipinski definition) is 5. The van der Waals surface area contributed by atoms with Gasteiger partial charge in [0.1, 0.15) is 17.3 Å². The summed E-state index contributed by atoms with van der Waals surface area (Å²) in [6.45, 7) is 6.35. The van der Waals surface area contributed by atoms with E-state index in [0.717, 1.165) is 13.1 Å². The smallest absolute Gasteiger partial charge is 0.232 e. The fourth-order valence-electron chi connectivity index (χ4n) is 3.54. The molecule has 0 unspecified atom stereocenters. The summed E-state index contributed by atoms with van der Waals surface area (Å²) in [4.78, 5) is 18.8. The lowest BCUT2D eigenvalue weighted by Gasteiger charge is -2.33. The number of nitrogens with one attached hydrogen (secondary N) is 1. The van der Waals surface area contributed by atoms with Gasteiger partial charge in [0, 0.05) is 29.9 Å². The standard InChI is InChI=1S/C21H28FN3O3S/c1-15-7-5-6-11-25(15)12-10-23-20(26)14-29(27)13-19-16(2)28-21(24-19)17-8-3-4-9-18(17)22/h3-4,8-9,15H,5-7,10-14H2,1-2H3,(H,23,26)/t15-,29-/m0/s1. The molecule has 1 aliphatic rings. The number of benzene rings is 1. The van der Waals surface area contributed by atoms with Crippen molar-refractivity contribution in [2.75, 3.05) is 25.4 Å². The van der Waals surface area contributed by atoms with Gasteiger partial charge in [0.05, 0.1) is 17.0 Å². The molecule has 1 aromatic carbocycles. The van der Waals surface area contributed by atoms with Crippen LogP contribution in [0, 0.1) is 12.7 Å². The number of carbonyl (C=O) groups is 1. The number of nitrogens with zero attached hydrogens (tertiary/aromatic N) is 2. The summed E-state index contributed by atoms with van der Waals surface area (Å²) in [7, 11) is -1.42. The van der Waals surface area contributed by atoms with E-state index >= 15 is 0 Å². The van der Waals surface area contributed by atoms with Gasteiger partial charge in [-0.1, -0.05) is 18.6 Å². The Morgan fingerprint density at radius 2 is 2.17 bits per heavy atom. The van der Waals surface area contributed by atoms with Crippen LogP contribution in [0.5, 0.6) is 0 Å². The summed E-state index contributed by atoms with van der Waals surface area (Å²) < 4.78 is 31.8. The zero-order valence-corrected chi connectivity index (χ0v) is 17.8. The van der Waals surface area contributed by atoms with E-state index in [1.165, 1.54) is 25.3 Å². The second-order valence-corrected chi connectivity index (χ2v) is 8.92. The van der Waals surface area contributed by atoms with Gasteiger partial charge in [-0.15, -0.1) is 0 Å². The molecule has 0 bridgehead atoms. The Morgan fingerprint density at radius 3 is 2.93 bits per heavy atom. The van der Waals surface area contributed by atoms with Crippen molar-refractivity contribution in [2.24, 2.45) is 0 Å². The van der Waals surface area contributed by atoms with Crippen molar-refractivity contribution in [1.82, 2.24) is 15.2 Å². The first-order chi connectivity index (χ1) is 13.9. The number of oxazole rings is 1. The summed E-state index contributed by atoms with van der Waals surface area (Å²) in [6, 6.07) is 6.76. The maximum absolute atomic E-state index is 13.9. The number of amides is 1. The largest absolute Gasteiger partial charge is 0.441 e. The zero-order valence-electron chi connectivity index (χ0n) is 16.9. The third-order valence-electron chi connectivity index (χ3n) is 5.25. The van der Waals surface area contributed by atoms with E-state index in [-0.39, 0.29) is 28.9 Å². The van der Waals surface area contributed by atoms with Crippen molar-refractivity contribution in [3.8, 4) is 11.5 Å². The molecule has 1 aliphatic heterocycles. The molecule has 29 heavy (non-hydrogen) atoms. The van der Waals surface area contributed by atoms with Crippen LogP contribution < -0.4 is 5.32 Å². The molecule has 1 N–H and O–H groups in total. The highest BCUT2D eigenvalue weighted by Gasteiger charge is 2.19. The van der Waals surface area contributed by atoms with Gasteiger partial charge < -0.3 is 9.73 Å². The first-order valence-electron chi connectivity index (χ1n) is 10.0. The molecule has 6 nitrogen and oxygen atoms in total. The van der Waals surface area contributed by atoms with Gasteiger partial charge in [0.15, 0.2) is 0 Å². The van der Waals surface area contributed by atoms with E-state index in [1.807, 2.05) is 0 Å². The Labute approximate surface area is 173 Å². The number of piperidine rings is 1. The molecule has 0 spiro atoms. The average molecular weight is 422 g/mol. The summed E-state index contributed by atoms with van der Waals surface area (Å²) in [6.07, 6.45) is 3.67. The number of aryl methyl sites for hydroxylation is 1. The highest BCUT2D eigenvalue weighted by molar-refractivity contribution is 7.84. The Bertz CT molecular complexity index is 871. The lowest BCUT2D eigenvalue weighted by molar-refractivity contribution is -0.118. The predicted octanol–water partition coefficient (Wildman–Crippen LogP) is 3.03. The van der Waals surface area contributed by atoms with Crippen molar-refractivity contribution in [2.45, 2.75) is 44.9 Å². The minimum atomic E-state index is -1.42. The second-order valence-electron chi connectivity index (χ2n) is 7.46. The second kappa shape index (κ2) is 10.1. The molecule has 1 amide bonds. The SMILES string of the molecule is Cc1oc(-c2ccccc2F)nc1C[S@](=O)CC(=O)NCCN1CCCC[C@@H]1C. The van der Waals surface area contributed by atoms with Crippen molar-refractivity contribution in [3.63, 3.8) is 0 Å². The highest BCUT2D eigenvalue weighted by Crippen LogP contribution is 2.24.